The van der Waals surface area contributed by atoms with E-state index in [9.17, 15) is 14.9 Å². The van der Waals surface area contributed by atoms with Gasteiger partial charge in [0.05, 0.1) is 10.7 Å². The van der Waals surface area contributed by atoms with Crippen LogP contribution in [0.5, 0.6) is 0 Å². The van der Waals surface area contributed by atoms with Gasteiger partial charge in [-0.3, -0.25) is 19.8 Å². The Labute approximate surface area is 121 Å². The van der Waals surface area contributed by atoms with Crippen molar-refractivity contribution in [1.29, 1.82) is 0 Å². The van der Waals surface area contributed by atoms with E-state index in [1.807, 2.05) is 0 Å². The number of hydrogen-bond donors (Lipinski definition) is 0. The molecule has 1 aliphatic heterocycles. The number of carbonyl (C=O) groups is 1. The molecule has 102 valence electrons. The molecule has 1 aromatic heterocycles. The molecule has 2 aromatic rings. The zero-order chi connectivity index (χ0) is 14.1. The minimum atomic E-state index is -0.445. The molecule has 1 saturated heterocycles. The fraction of sp³-hybridized carbons (Fsp3) is 0.182. The number of nitrogens with zero attached hydrogens (tertiary/aromatic N) is 4. The number of non-ortho nitro benzene ring substituents is 1. The van der Waals surface area contributed by atoms with Gasteiger partial charge in [-0.05, 0) is 17.7 Å². The molecule has 1 atom stereocenters. The predicted molar refractivity (Wildman–Crippen MR) is 75.7 cm³/mol. The van der Waals surface area contributed by atoms with Crippen LogP contribution in [0.2, 0.25) is 0 Å². The summed E-state index contributed by atoms with van der Waals surface area (Å²) >= 11 is 2.76. The minimum Gasteiger partial charge on any atom is -0.273 e. The Hall–Kier alpha value is -2.00. The van der Waals surface area contributed by atoms with Crippen molar-refractivity contribution < 1.29 is 9.72 Å². The lowest BCUT2D eigenvalue weighted by molar-refractivity contribution is -0.384. The molecule has 3 rings (SSSR count). The summed E-state index contributed by atoms with van der Waals surface area (Å²) in [6.45, 7) is 0. The number of thioether (sulfide) groups is 1. The highest BCUT2D eigenvalue weighted by Crippen LogP contribution is 2.42. The van der Waals surface area contributed by atoms with Gasteiger partial charge in [0.2, 0.25) is 11.0 Å². The lowest BCUT2D eigenvalue weighted by Crippen LogP contribution is -2.27. The quantitative estimate of drug-likeness (QED) is 0.638. The van der Waals surface area contributed by atoms with Gasteiger partial charge in [-0.15, -0.1) is 22.0 Å². The normalized spacial score (nSPS) is 18.5. The van der Waals surface area contributed by atoms with Crippen molar-refractivity contribution in [2.24, 2.45) is 0 Å². The van der Waals surface area contributed by atoms with Crippen molar-refractivity contribution in [2.45, 2.75) is 5.37 Å². The zero-order valence-electron chi connectivity index (χ0n) is 10.0. The van der Waals surface area contributed by atoms with Crippen molar-refractivity contribution in [3.8, 4) is 0 Å². The zero-order valence-corrected chi connectivity index (χ0v) is 11.6. The molecule has 0 N–H and O–H groups in total. The van der Waals surface area contributed by atoms with Gasteiger partial charge in [0, 0.05) is 12.1 Å². The number of carbonyl (C=O) groups excluding carboxylic acids is 1. The van der Waals surface area contributed by atoms with Crippen LogP contribution < -0.4 is 4.90 Å². The Bertz CT molecular complexity index is 644. The number of benzene rings is 1. The van der Waals surface area contributed by atoms with Crippen LogP contribution in [0, 0.1) is 10.1 Å². The molecule has 7 nitrogen and oxygen atoms in total. The van der Waals surface area contributed by atoms with Gasteiger partial charge in [0.1, 0.15) is 10.9 Å². The summed E-state index contributed by atoms with van der Waals surface area (Å²) in [6, 6.07) is 6.22. The highest BCUT2D eigenvalue weighted by atomic mass is 32.2. The SMILES string of the molecule is O=C1CS[C@H](c2ccc([N+](=O)[O-])cc2)N1c1nncs1. The molecule has 1 amide bonds. The Morgan fingerprint density at radius 3 is 2.70 bits per heavy atom. The predicted octanol–water partition coefficient (Wildman–Crippen LogP) is 2.22. The molecule has 0 bridgehead atoms. The molecule has 9 heteroatoms. The first-order valence-electron chi connectivity index (χ1n) is 5.61. The first kappa shape index (κ1) is 13.0. The van der Waals surface area contributed by atoms with Crippen LogP contribution in [0.25, 0.3) is 0 Å². The van der Waals surface area contributed by atoms with Gasteiger partial charge in [-0.2, -0.15) is 0 Å². The molecule has 20 heavy (non-hydrogen) atoms. The first-order chi connectivity index (χ1) is 9.66. The smallest absolute Gasteiger partial charge is 0.269 e. The average Bonchev–Trinajstić information content (AvgIpc) is 3.07. The molecular formula is C11H8N4O3S2. The van der Waals surface area contributed by atoms with E-state index in [2.05, 4.69) is 10.2 Å². The Kier molecular flexibility index (Phi) is 3.36. The third kappa shape index (κ3) is 2.25. The Morgan fingerprint density at radius 2 is 2.10 bits per heavy atom. The second-order valence-electron chi connectivity index (χ2n) is 4.00. The second-order valence-corrected chi connectivity index (χ2v) is 5.88. The number of hydrogen-bond acceptors (Lipinski definition) is 7. The highest BCUT2D eigenvalue weighted by Gasteiger charge is 2.35. The second kappa shape index (κ2) is 5.17. The van der Waals surface area contributed by atoms with Crippen LogP contribution in [0.4, 0.5) is 10.8 Å². The summed E-state index contributed by atoms with van der Waals surface area (Å²) in [5.74, 6) is 0.330. The van der Waals surface area contributed by atoms with Gasteiger partial charge in [-0.25, -0.2) is 0 Å². The van der Waals surface area contributed by atoms with Crippen LogP contribution in [-0.4, -0.2) is 26.8 Å². The standard InChI is InChI=1S/C11H8N4O3S2/c16-9-5-19-10(14(9)11-13-12-6-20-11)7-1-3-8(4-2-7)15(17)18/h1-4,6,10H,5H2/t10-/m1/s1. The summed E-state index contributed by atoms with van der Waals surface area (Å²) in [4.78, 5) is 23.8. The number of rotatable bonds is 3. The van der Waals surface area contributed by atoms with Gasteiger partial charge in [-0.1, -0.05) is 11.3 Å². The average molecular weight is 308 g/mol. The van der Waals surface area contributed by atoms with E-state index in [1.165, 1.54) is 35.2 Å². The number of anilines is 1. The van der Waals surface area contributed by atoms with Gasteiger partial charge in [0.15, 0.2) is 0 Å². The van der Waals surface area contributed by atoms with Gasteiger partial charge < -0.3 is 0 Å². The van der Waals surface area contributed by atoms with Crippen LogP contribution in [0.1, 0.15) is 10.9 Å². The van der Waals surface area contributed by atoms with E-state index in [-0.39, 0.29) is 17.0 Å². The fourth-order valence-corrected chi connectivity index (χ4v) is 3.74. The van der Waals surface area contributed by atoms with Crippen molar-refractivity contribution >= 4 is 39.8 Å². The Balaban J connectivity index is 1.92. The molecule has 0 radical (unpaired) electrons. The summed E-state index contributed by atoms with van der Waals surface area (Å²) in [5, 5.41) is 18.7. The van der Waals surface area contributed by atoms with Crippen LogP contribution in [-0.2, 0) is 4.79 Å². The number of amides is 1. The first-order valence-corrected chi connectivity index (χ1v) is 7.54. The maximum Gasteiger partial charge on any atom is 0.269 e. The third-order valence-electron chi connectivity index (χ3n) is 2.81. The summed E-state index contributed by atoms with van der Waals surface area (Å²) < 4.78 is 0. The lowest BCUT2D eigenvalue weighted by atomic mass is 10.2. The van der Waals surface area contributed by atoms with Crippen molar-refractivity contribution in [2.75, 3.05) is 10.7 Å². The third-order valence-corrected chi connectivity index (χ3v) is 4.71. The number of nitro groups is 1. The summed E-state index contributed by atoms with van der Waals surface area (Å²) in [7, 11) is 0. The minimum absolute atomic E-state index is 0.0323. The molecular weight excluding hydrogens is 300 g/mol. The molecule has 2 heterocycles. The van der Waals surface area contributed by atoms with Crippen LogP contribution in [0.3, 0.4) is 0 Å². The number of nitro benzene ring substituents is 1. The van der Waals surface area contributed by atoms with Crippen molar-refractivity contribution in [3.63, 3.8) is 0 Å². The topological polar surface area (TPSA) is 89.2 Å². The van der Waals surface area contributed by atoms with E-state index >= 15 is 0 Å². The lowest BCUT2D eigenvalue weighted by Gasteiger charge is -2.20. The molecule has 0 unspecified atom stereocenters. The summed E-state index contributed by atoms with van der Waals surface area (Å²) in [6.07, 6.45) is 0. The maximum absolute atomic E-state index is 12.0. The Morgan fingerprint density at radius 1 is 1.35 bits per heavy atom. The van der Waals surface area contributed by atoms with Crippen molar-refractivity contribution in [3.05, 3.63) is 45.5 Å². The van der Waals surface area contributed by atoms with E-state index < -0.39 is 4.92 Å². The molecule has 1 aromatic carbocycles. The van der Waals surface area contributed by atoms with Crippen molar-refractivity contribution in [1.82, 2.24) is 10.2 Å². The number of aromatic nitrogens is 2. The van der Waals surface area contributed by atoms with Crippen LogP contribution >= 0.6 is 23.1 Å². The van der Waals surface area contributed by atoms with Gasteiger partial charge >= 0.3 is 0 Å². The highest BCUT2D eigenvalue weighted by molar-refractivity contribution is 8.00. The van der Waals surface area contributed by atoms with Crippen LogP contribution in [0.15, 0.2) is 29.8 Å². The van der Waals surface area contributed by atoms with E-state index in [0.29, 0.717) is 10.9 Å². The molecule has 0 spiro atoms. The van der Waals surface area contributed by atoms with E-state index in [4.69, 9.17) is 0 Å². The molecule has 1 fully saturated rings. The monoisotopic (exact) mass is 308 g/mol. The molecule has 0 aliphatic carbocycles. The van der Waals surface area contributed by atoms with E-state index in [0.717, 1.165) is 5.56 Å². The fourth-order valence-electron chi connectivity index (χ4n) is 1.91. The van der Waals surface area contributed by atoms with E-state index in [1.54, 1.807) is 22.5 Å². The summed E-state index contributed by atoms with van der Waals surface area (Å²) in [5.41, 5.74) is 2.44. The molecule has 1 aliphatic rings. The molecule has 0 saturated carbocycles. The maximum atomic E-state index is 12.0. The largest absolute Gasteiger partial charge is 0.273 e. The van der Waals surface area contributed by atoms with Gasteiger partial charge in [0.25, 0.3) is 5.69 Å².